The molecule has 0 bridgehead atoms. The molecule has 7 heteroatoms. The molecule has 1 aliphatic rings. The number of rotatable bonds is 7. The Morgan fingerprint density at radius 3 is 2.59 bits per heavy atom. The molecule has 1 saturated heterocycles. The van der Waals surface area contributed by atoms with Crippen molar-refractivity contribution in [3.63, 3.8) is 0 Å². The molecule has 2 aromatic carbocycles. The van der Waals surface area contributed by atoms with E-state index in [4.69, 9.17) is 0 Å². The van der Waals surface area contributed by atoms with E-state index in [0.717, 1.165) is 24.8 Å². The van der Waals surface area contributed by atoms with Gasteiger partial charge in [0, 0.05) is 31.2 Å². The molecule has 156 valence electrons. The number of benzene rings is 2. The number of aliphatic hydroxyl groups is 1. The van der Waals surface area contributed by atoms with Crippen molar-refractivity contribution in [1.29, 1.82) is 0 Å². The minimum atomic E-state index is -3.65. The van der Waals surface area contributed by atoms with Crippen LogP contribution in [0.15, 0.2) is 59.5 Å². The Bertz CT molecular complexity index is 931. The van der Waals surface area contributed by atoms with Gasteiger partial charge in [0.15, 0.2) is 0 Å². The monoisotopic (exact) mass is 416 g/mol. The van der Waals surface area contributed by atoms with Gasteiger partial charge >= 0.3 is 0 Å². The van der Waals surface area contributed by atoms with Gasteiger partial charge in [-0.05, 0) is 43.5 Å². The topological polar surface area (TPSA) is 77.9 Å². The van der Waals surface area contributed by atoms with Gasteiger partial charge in [-0.3, -0.25) is 4.79 Å². The van der Waals surface area contributed by atoms with Crippen LogP contribution < -0.4 is 0 Å². The fraction of sp³-hybridized carbons (Fsp3) is 0.409. The summed E-state index contributed by atoms with van der Waals surface area (Å²) >= 11 is 0. The Morgan fingerprint density at radius 1 is 1.14 bits per heavy atom. The predicted molar refractivity (Wildman–Crippen MR) is 112 cm³/mol. The number of amides is 1. The van der Waals surface area contributed by atoms with E-state index in [-0.39, 0.29) is 30.0 Å². The second-order valence-electron chi connectivity index (χ2n) is 7.42. The van der Waals surface area contributed by atoms with Crippen LogP contribution in [0.25, 0.3) is 0 Å². The van der Waals surface area contributed by atoms with E-state index in [0.29, 0.717) is 18.7 Å². The molecule has 3 rings (SSSR count). The first kappa shape index (κ1) is 21.5. The zero-order valence-electron chi connectivity index (χ0n) is 16.7. The SMILES string of the molecule is CC1CCCCN1S(=O)(=O)c1cccc(C(=O)N(CCO)Cc2ccccc2)c1. The molecule has 1 fully saturated rings. The lowest BCUT2D eigenvalue weighted by atomic mass is 10.1. The molecule has 1 unspecified atom stereocenters. The molecule has 6 nitrogen and oxygen atoms in total. The lowest BCUT2D eigenvalue weighted by Gasteiger charge is -2.32. The minimum Gasteiger partial charge on any atom is -0.395 e. The molecule has 1 N–H and O–H groups in total. The summed E-state index contributed by atoms with van der Waals surface area (Å²) in [5.41, 5.74) is 1.25. The van der Waals surface area contributed by atoms with E-state index < -0.39 is 10.0 Å². The van der Waals surface area contributed by atoms with Crippen LogP contribution in [0.2, 0.25) is 0 Å². The second-order valence-corrected chi connectivity index (χ2v) is 9.31. The molecular weight excluding hydrogens is 388 g/mol. The van der Waals surface area contributed by atoms with E-state index >= 15 is 0 Å². The summed E-state index contributed by atoms with van der Waals surface area (Å²) in [5.74, 6) is -0.299. The van der Waals surface area contributed by atoms with Crippen LogP contribution in [0, 0.1) is 0 Å². The third-order valence-corrected chi connectivity index (χ3v) is 7.31. The zero-order chi connectivity index (χ0) is 20.9. The Morgan fingerprint density at radius 2 is 1.90 bits per heavy atom. The largest absolute Gasteiger partial charge is 0.395 e. The number of sulfonamides is 1. The molecule has 1 amide bonds. The summed E-state index contributed by atoms with van der Waals surface area (Å²) in [7, 11) is -3.65. The van der Waals surface area contributed by atoms with Crippen LogP contribution >= 0.6 is 0 Å². The number of nitrogens with zero attached hydrogens (tertiary/aromatic N) is 2. The molecule has 0 aromatic heterocycles. The fourth-order valence-corrected chi connectivity index (χ4v) is 5.46. The number of carbonyl (C=O) groups excluding carboxylic acids is 1. The molecule has 0 aliphatic carbocycles. The van der Waals surface area contributed by atoms with Crippen LogP contribution in [0.4, 0.5) is 0 Å². The summed E-state index contributed by atoms with van der Waals surface area (Å²) in [5, 5.41) is 9.40. The van der Waals surface area contributed by atoms with Crippen LogP contribution in [-0.4, -0.2) is 54.4 Å². The highest BCUT2D eigenvalue weighted by molar-refractivity contribution is 7.89. The quantitative estimate of drug-likeness (QED) is 0.753. The number of hydrogen-bond acceptors (Lipinski definition) is 4. The fourth-order valence-electron chi connectivity index (χ4n) is 3.71. The highest BCUT2D eigenvalue weighted by Crippen LogP contribution is 2.26. The third kappa shape index (κ3) is 5.04. The zero-order valence-corrected chi connectivity index (χ0v) is 17.5. The molecule has 0 spiro atoms. The molecule has 1 aliphatic heterocycles. The summed E-state index contributed by atoms with van der Waals surface area (Å²) < 4.78 is 27.8. The maximum absolute atomic E-state index is 13.1. The third-order valence-electron chi connectivity index (χ3n) is 5.30. The lowest BCUT2D eigenvalue weighted by Crippen LogP contribution is -2.42. The van der Waals surface area contributed by atoms with Gasteiger partial charge in [0.25, 0.3) is 5.91 Å². The van der Waals surface area contributed by atoms with Gasteiger partial charge in [-0.2, -0.15) is 4.31 Å². The van der Waals surface area contributed by atoms with Crippen LogP contribution in [0.1, 0.15) is 42.1 Å². The normalized spacial score (nSPS) is 17.8. The average Bonchev–Trinajstić information content (AvgIpc) is 2.74. The van der Waals surface area contributed by atoms with E-state index in [1.54, 1.807) is 18.2 Å². The van der Waals surface area contributed by atoms with Crippen molar-refractivity contribution in [3.8, 4) is 0 Å². The molecule has 0 radical (unpaired) electrons. The number of hydrogen-bond donors (Lipinski definition) is 1. The first-order valence-corrected chi connectivity index (χ1v) is 11.4. The Hall–Kier alpha value is -2.22. The lowest BCUT2D eigenvalue weighted by molar-refractivity contribution is 0.0707. The molecule has 1 heterocycles. The maximum atomic E-state index is 13.1. The predicted octanol–water partition coefficient (Wildman–Crippen LogP) is 2.88. The number of aliphatic hydroxyl groups excluding tert-OH is 1. The molecule has 0 saturated carbocycles. The standard InChI is InChI=1S/C22H28N2O4S/c1-18-8-5-6-13-24(18)29(27,28)21-12-7-11-20(16-21)22(26)23(14-15-25)17-19-9-3-2-4-10-19/h2-4,7,9-12,16,18,25H,5-6,8,13-15,17H2,1H3. The Kier molecular flexibility index (Phi) is 7.05. The Labute approximate surface area is 172 Å². The van der Waals surface area contributed by atoms with E-state index in [1.165, 1.54) is 15.3 Å². The summed E-state index contributed by atoms with van der Waals surface area (Å²) in [6.07, 6.45) is 2.73. The highest BCUT2D eigenvalue weighted by Gasteiger charge is 2.31. The van der Waals surface area contributed by atoms with Crippen LogP contribution in [0.5, 0.6) is 0 Å². The van der Waals surface area contributed by atoms with Crippen molar-refractivity contribution < 1.29 is 18.3 Å². The van der Waals surface area contributed by atoms with E-state index in [2.05, 4.69) is 0 Å². The molecule has 2 aromatic rings. The van der Waals surface area contributed by atoms with Crippen molar-refractivity contribution in [2.75, 3.05) is 19.7 Å². The average molecular weight is 417 g/mol. The number of carbonyl (C=O) groups is 1. The second kappa shape index (κ2) is 9.52. The van der Waals surface area contributed by atoms with E-state index in [1.807, 2.05) is 37.3 Å². The van der Waals surface area contributed by atoms with E-state index in [9.17, 15) is 18.3 Å². The molecule has 1 atom stereocenters. The van der Waals surface area contributed by atoms with Gasteiger partial charge in [-0.1, -0.05) is 42.8 Å². The van der Waals surface area contributed by atoms with Crippen molar-refractivity contribution in [2.24, 2.45) is 0 Å². The van der Waals surface area contributed by atoms with Crippen molar-refractivity contribution in [2.45, 2.75) is 43.7 Å². The smallest absolute Gasteiger partial charge is 0.254 e. The van der Waals surface area contributed by atoms with Crippen LogP contribution in [-0.2, 0) is 16.6 Å². The van der Waals surface area contributed by atoms with Crippen molar-refractivity contribution >= 4 is 15.9 Å². The summed E-state index contributed by atoms with van der Waals surface area (Å²) in [6, 6.07) is 15.7. The van der Waals surface area contributed by atoms with Gasteiger partial charge < -0.3 is 10.0 Å². The van der Waals surface area contributed by atoms with Gasteiger partial charge in [-0.15, -0.1) is 0 Å². The molecular formula is C22H28N2O4S. The van der Waals surface area contributed by atoms with Gasteiger partial charge in [0.2, 0.25) is 10.0 Å². The summed E-state index contributed by atoms with van der Waals surface area (Å²) in [6.45, 7) is 2.79. The highest BCUT2D eigenvalue weighted by atomic mass is 32.2. The maximum Gasteiger partial charge on any atom is 0.254 e. The minimum absolute atomic E-state index is 0.0444. The van der Waals surface area contributed by atoms with Crippen molar-refractivity contribution in [3.05, 3.63) is 65.7 Å². The first-order valence-electron chi connectivity index (χ1n) is 9.99. The summed E-state index contributed by atoms with van der Waals surface area (Å²) in [4.78, 5) is 14.7. The van der Waals surface area contributed by atoms with Gasteiger partial charge in [0.05, 0.1) is 11.5 Å². The molecule has 29 heavy (non-hydrogen) atoms. The van der Waals surface area contributed by atoms with Crippen LogP contribution in [0.3, 0.4) is 0 Å². The number of piperidine rings is 1. The van der Waals surface area contributed by atoms with Crippen molar-refractivity contribution in [1.82, 2.24) is 9.21 Å². The first-order chi connectivity index (χ1) is 13.9. The van der Waals surface area contributed by atoms with Gasteiger partial charge in [0.1, 0.15) is 0 Å². The Balaban J connectivity index is 1.85. The van der Waals surface area contributed by atoms with Gasteiger partial charge in [-0.25, -0.2) is 8.42 Å².